The minimum absolute atomic E-state index is 0.502. The van der Waals surface area contributed by atoms with Crippen molar-refractivity contribution in [1.29, 1.82) is 0 Å². The molecule has 1 fully saturated rings. The van der Waals surface area contributed by atoms with Crippen LogP contribution in [0.2, 0.25) is 0 Å². The molecule has 1 saturated heterocycles. The van der Waals surface area contributed by atoms with Crippen molar-refractivity contribution in [2.24, 2.45) is 0 Å². The van der Waals surface area contributed by atoms with Crippen molar-refractivity contribution in [3.63, 3.8) is 0 Å². The Hall–Kier alpha value is -1.53. The average molecular weight is 317 g/mol. The van der Waals surface area contributed by atoms with Crippen LogP contribution in [0.1, 0.15) is 42.6 Å². The highest BCUT2D eigenvalue weighted by molar-refractivity contribution is 7.15. The summed E-state index contributed by atoms with van der Waals surface area (Å²) in [4.78, 5) is 17.2. The summed E-state index contributed by atoms with van der Waals surface area (Å²) in [5.74, 6) is 2.17. The van der Waals surface area contributed by atoms with Crippen LogP contribution < -0.4 is 5.32 Å². The van der Waals surface area contributed by atoms with Gasteiger partial charge in [-0.2, -0.15) is 0 Å². The fourth-order valence-electron chi connectivity index (χ4n) is 2.88. The SMILES string of the molecule is Cc1nc(Nc2ncc(C)s2)cc([C@@H]2CCN(C(C)C)C2)n1. The van der Waals surface area contributed by atoms with Crippen LogP contribution in [0, 0.1) is 13.8 Å². The van der Waals surface area contributed by atoms with E-state index in [1.807, 2.05) is 13.1 Å². The summed E-state index contributed by atoms with van der Waals surface area (Å²) in [6, 6.07) is 2.68. The van der Waals surface area contributed by atoms with Gasteiger partial charge in [0.15, 0.2) is 5.13 Å². The fourth-order valence-corrected chi connectivity index (χ4v) is 3.56. The van der Waals surface area contributed by atoms with Gasteiger partial charge in [0.05, 0.1) is 5.69 Å². The molecular formula is C16H23N5S. The first-order valence-electron chi connectivity index (χ1n) is 7.80. The topological polar surface area (TPSA) is 53.9 Å². The molecule has 0 bridgehead atoms. The second-order valence-electron chi connectivity index (χ2n) is 6.20. The van der Waals surface area contributed by atoms with E-state index in [0.29, 0.717) is 12.0 Å². The van der Waals surface area contributed by atoms with Crippen molar-refractivity contribution in [2.75, 3.05) is 18.4 Å². The predicted molar refractivity (Wildman–Crippen MR) is 91.0 cm³/mol. The van der Waals surface area contributed by atoms with Crippen molar-refractivity contribution >= 4 is 22.3 Å². The van der Waals surface area contributed by atoms with E-state index >= 15 is 0 Å². The van der Waals surface area contributed by atoms with E-state index in [0.717, 1.165) is 35.6 Å². The minimum Gasteiger partial charge on any atom is -0.316 e. The largest absolute Gasteiger partial charge is 0.316 e. The number of hydrogen-bond donors (Lipinski definition) is 1. The Labute approximate surface area is 135 Å². The van der Waals surface area contributed by atoms with E-state index in [4.69, 9.17) is 0 Å². The average Bonchev–Trinajstić information content (AvgIpc) is 3.07. The lowest BCUT2D eigenvalue weighted by atomic mass is 10.0. The summed E-state index contributed by atoms with van der Waals surface area (Å²) in [5, 5.41) is 4.19. The number of aryl methyl sites for hydroxylation is 2. The molecule has 2 aromatic heterocycles. The molecule has 3 heterocycles. The van der Waals surface area contributed by atoms with Crippen LogP contribution in [0.25, 0.3) is 0 Å². The lowest BCUT2D eigenvalue weighted by Crippen LogP contribution is -2.28. The van der Waals surface area contributed by atoms with E-state index in [2.05, 4.69) is 52.0 Å². The normalized spacial score (nSPS) is 19.0. The Morgan fingerprint density at radius 2 is 2.14 bits per heavy atom. The van der Waals surface area contributed by atoms with Gasteiger partial charge in [0.2, 0.25) is 0 Å². The van der Waals surface area contributed by atoms with Crippen LogP contribution in [-0.4, -0.2) is 39.0 Å². The second kappa shape index (κ2) is 6.30. The molecule has 1 N–H and O–H groups in total. The third-order valence-electron chi connectivity index (χ3n) is 4.08. The molecule has 22 heavy (non-hydrogen) atoms. The number of nitrogens with zero attached hydrogens (tertiary/aromatic N) is 4. The number of aromatic nitrogens is 3. The van der Waals surface area contributed by atoms with Crippen LogP contribution in [-0.2, 0) is 0 Å². The molecule has 1 atom stereocenters. The molecule has 0 unspecified atom stereocenters. The highest BCUT2D eigenvalue weighted by Crippen LogP contribution is 2.29. The summed E-state index contributed by atoms with van der Waals surface area (Å²) in [6.45, 7) is 10.8. The van der Waals surface area contributed by atoms with Crippen LogP contribution in [0.5, 0.6) is 0 Å². The first-order valence-corrected chi connectivity index (χ1v) is 8.62. The maximum absolute atomic E-state index is 4.66. The van der Waals surface area contributed by atoms with Gasteiger partial charge in [-0.1, -0.05) is 0 Å². The van der Waals surface area contributed by atoms with Crippen LogP contribution in [0.3, 0.4) is 0 Å². The molecule has 0 aliphatic carbocycles. The molecular weight excluding hydrogens is 294 g/mol. The van der Waals surface area contributed by atoms with Crippen molar-refractivity contribution in [1.82, 2.24) is 19.9 Å². The number of hydrogen-bond acceptors (Lipinski definition) is 6. The van der Waals surface area contributed by atoms with E-state index in [1.165, 1.54) is 11.3 Å². The quantitative estimate of drug-likeness (QED) is 0.935. The van der Waals surface area contributed by atoms with Crippen LogP contribution >= 0.6 is 11.3 Å². The molecule has 0 radical (unpaired) electrons. The van der Waals surface area contributed by atoms with Gasteiger partial charge in [-0.15, -0.1) is 11.3 Å². The van der Waals surface area contributed by atoms with Crippen LogP contribution in [0.15, 0.2) is 12.3 Å². The summed E-state index contributed by atoms with van der Waals surface area (Å²) in [6.07, 6.45) is 3.05. The smallest absolute Gasteiger partial charge is 0.188 e. The van der Waals surface area contributed by atoms with Gasteiger partial charge >= 0.3 is 0 Å². The minimum atomic E-state index is 0.502. The molecule has 5 nitrogen and oxygen atoms in total. The molecule has 1 aliphatic rings. The maximum Gasteiger partial charge on any atom is 0.188 e. The summed E-state index contributed by atoms with van der Waals surface area (Å²) < 4.78 is 0. The summed E-state index contributed by atoms with van der Waals surface area (Å²) >= 11 is 1.64. The first-order chi connectivity index (χ1) is 10.5. The molecule has 0 amide bonds. The van der Waals surface area contributed by atoms with Gasteiger partial charge in [-0.3, -0.25) is 0 Å². The first kappa shape index (κ1) is 15.4. The van der Waals surface area contributed by atoms with E-state index < -0.39 is 0 Å². The lowest BCUT2D eigenvalue weighted by Gasteiger charge is -2.20. The number of rotatable bonds is 4. The van der Waals surface area contributed by atoms with Crippen molar-refractivity contribution in [3.05, 3.63) is 28.7 Å². The molecule has 3 rings (SSSR count). The number of likely N-dealkylation sites (tertiary alicyclic amines) is 1. The Balaban J connectivity index is 1.78. The zero-order valence-electron chi connectivity index (χ0n) is 13.6. The molecule has 118 valence electrons. The fraction of sp³-hybridized carbons (Fsp3) is 0.562. The Morgan fingerprint density at radius 1 is 1.32 bits per heavy atom. The van der Waals surface area contributed by atoms with Gasteiger partial charge in [0.25, 0.3) is 0 Å². The Morgan fingerprint density at radius 3 is 2.77 bits per heavy atom. The third kappa shape index (κ3) is 3.44. The molecule has 0 aromatic carbocycles. The van der Waals surface area contributed by atoms with Gasteiger partial charge in [-0.25, -0.2) is 15.0 Å². The van der Waals surface area contributed by atoms with E-state index in [9.17, 15) is 0 Å². The molecule has 0 spiro atoms. The third-order valence-corrected chi connectivity index (χ3v) is 4.91. The van der Waals surface area contributed by atoms with Crippen LogP contribution in [0.4, 0.5) is 10.9 Å². The van der Waals surface area contributed by atoms with Crippen molar-refractivity contribution in [3.8, 4) is 0 Å². The van der Waals surface area contributed by atoms with E-state index in [1.54, 1.807) is 11.3 Å². The van der Waals surface area contributed by atoms with Crippen molar-refractivity contribution in [2.45, 2.75) is 46.1 Å². The zero-order valence-corrected chi connectivity index (χ0v) is 14.4. The highest BCUT2D eigenvalue weighted by atomic mass is 32.1. The van der Waals surface area contributed by atoms with Gasteiger partial charge in [0, 0.05) is 35.6 Å². The van der Waals surface area contributed by atoms with E-state index in [-0.39, 0.29) is 0 Å². The number of anilines is 2. The number of nitrogens with one attached hydrogen (secondary N) is 1. The molecule has 0 saturated carbocycles. The Bertz CT molecular complexity index is 652. The van der Waals surface area contributed by atoms with Gasteiger partial charge in [0.1, 0.15) is 11.6 Å². The monoisotopic (exact) mass is 317 g/mol. The highest BCUT2D eigenvalue weighted by Gasteiger charge is 2.26. The lowest BCUT2D eigenvalue weighted by molar-refractivity contribution is 0.272. The van der Waals surface area contributed by atoms with Gasteiger partial charge in [-0.05, 0) is 40.7 Å². The standard InChI is InChI=1S/C16H23N5S/c1-10(2)21-6-5-13(9-21)14-7-15(19-12(4)18-14)20-16-17-8-11(3)22-16/h7-8,10,13H,5-6,9H2,1-4H3,(H,17,18,19,20)/t13-/m1/s1. The molecule has 1 aliphatic heterocycles. The number of thiazole rings is 1. The maximum atomic E-state index is 4.66. The van der Waals surface area contributed by atoms with Crippen molar-refractivity contribution < 1.29 is 0 Å². The Kier molecular flexibility index (Phi) is 4.40. The summed E-state index contributed by atoms with van der Waals surface area (Å²) in [5.41, 5.74) is 1.14. The molecule has 6 heteroatoms. The molecule has 2 aromatic rings. The van der Waals surface area contributed by atoms with Gasteiger partial charge < -0.3 is 10.2 Å². The second-order valence-corrected chi connectivity index (χ2v) is 7.44. The zero-order chi connectivity index (χ0) is 15.7. The predicted octanol–water partition coefficient (Wildman–Crippen LogP) is 3.49. The summed E-state index contributed by atoms with van der Waals surface area (Å²) in [7, 11) is 0.